The maximum atomic E-state index is 12.5. The van der Waals surface area contributed by atoms with Crippen LogP contribution in [0.5, 0.6) is 0 Å². The molecule has 0 aliphatic carbocycles. The van der Waals surface area contributed by atoms with E-state index in [1.165, 1.54) is 17.8 Å². The summed E-state index contributed by atoms with van der Waals surface area (Å²) in [7, 11) is 0. The number of halogens is 3. The summed E-state index contributed by atoms with van der Waals surface area (Å²) in [5.74, 6) is 0. The van der Waals surface area contributed by atoms with E-state index in [1.807, 2.05) is 18.7 Å². The molecule has 1 rings (SSSR count). The lowest BCUT2D eigenvalue weighted by atomic mass is 10.2. The van der Waals surface area contributed by atoms with Crippen LogP contribution in [0.4, 0.5) is 18.9 Å². The number of rotatable bonds is 3. The first-order valence-corrected chi connectivity index (χ1v) is 6.95. The molecular weight excluding hydrogens is 293 g/mol. The van der Waals surface area contributed by atoms with E-state index in [0.29, 0.717) is 9.22 Å². The largest absolute Gasteiger partial charge is 0.416 e. The van der Waals surface area contributed by atoms with E-state index < -0.39 is 11.7 Å². The van der Waals surface area contributed by atoms with E-state index in [-0.39, 0.29) is 5.69 Å². The van der Waals surface area contributed by atoms with Gasteiger partial charge in [0.15, 0.2) is 0 Å². The summed E-state index contributed by atoms with van der Waals surface area (Å²) in [6.07, 6.45) is -4.38. The molecule has 7 heteroatoms. The zero-order valence-corrected chi connectivity index (χ0v) is 12.3. The van der Waals surface area contributed by atoms with Crippen LogP contribution in [0.15, 0.2) is 23.1 Å². The van der Waals surface area contributed by atoms with Gasteiger partial charge in [-0.25, -0.2) is 0 Å². The number of hydrogen-bond donors (Lipinski definition) is 1. The van der Waals surface area contributed by atoms with Crippen molar-refractivity contribution in [3.05, 3.63) is 23.8 Å². The monoisotopic (exact) mass is 308 g/mol. The van der Waals surface area contributed by atoms with Crippen molar-refractivity contribution < 1.29 is 13.2 Å². The average Bonchev–Trinajstić information content (AvgIpc) is 2.32. The Morgan fingerprint density at radius 3 is 2.32 bits per heavy atom. The maximum Gasteiger partial charge on any atom is 0.416 e. The minimum atomic E-state index is -4.38. The molecule has 0 spiro atoms. The summed E-state index contributed by atoms with van der Waals surface area (Å²) in [6.45, 7) is 5.44. The molecule has 0 aromatic heterocycles. The molecule has 1 aromatic carbocycles. The molecule has 0 unspecified atom stereocenters. The smallest absolute Gasteiger partial charge is 0.398 e. The number of alkyl halides is 3. The van der Waals surface area contributed by atoms with Crippen molar-refractivity contribution in [1.29, 1.82) is 0 Å². The number of hydrogen-bond acceptors (Lipinski definition) is 3. The molecule has 19 heavy (non-hydrogen) atoms. The Morgan fingerprint density at radius 2 is 1.89 bits per heavy atom. The summed E-state index contributed by atoms with van der Waals surface area (Å²) >= 11 is 6.44. The highest BCUT2D eigenvalue weighted by atomic mass is 32.2. The van der Waals surface area contributed by atoms with E-state index in [0.717, 1.165) is 25.2 Å². The summed E-state index contributed by atoms with van der Waals surface area (Å²) < 4.78 is 38.1. The molecule has 2 N–H and O–H groups in total. The lowest BCUT2D eigenvalue weighted by molar-refractivity contribution is -0.137. The summed E-state index contributed by atoms with van der Waals surface area (Å²) in [6, 6.07) is 3.31. The van der Waals surface area contributed by atoms with Crippen molar-refractivity contribution in [2.45, 2.75) is 24.9 Å². The third kappa shape index (κ3) is 4.28. The summed E-state index contributed by atoms with van der Waals surface area (Å²) in [5, 5.41) is 0. The first-order chi connectivity index (χ1) is 8.79. The Balaban J connectivity index is 2.89. The van der Waals surface area contributed by atoms with Crippen molar-refractivity contribution in [2.75, 3.05) is 18.8 Å². The topological polar surface area (TPSA) is 29.3 Å². The molecule has 0 heterocycles. The number of anilines is 1. The fourth-order valence-electron chi connectivity index (χ4n) is 1.46. The normalized spacial score (nSPS) is 11.4. The lowest BCUT2D eigenvalue weighted by Crippen LogP contribution is -2.26. The van der Waals surface area contributed by atoms with E-state index in [1.54, 1.807) is 0 Å². The van der Waals surface area contributed by atoms with Crippen LogP contribution in [0.3, 0.4) is 0 Å². The van der Waals surface area contributed by atoms with Gasteiger partial charge in [-0.05, 0) is 32.0 Å². The number of nitrogens with two attached hydrogens (primary N) is 1. The number of benzene rings is 1. The first kappa shape index (κ1) is 16.1. The van der Waals surface area contributed by atoms with Crippen LogP contribution < -0.4 is 5.73 Å². The second-order valence-electron chi connectivity index (χ2n) is 3.79. The number of nitrogens with zero attached hydrogens (tertiary/aromatic N) is 1. The van der Waals surface area contributed by atoms with Gasteiger partial charge >= 0.3 is 6.18 Å². The van der Waals surface area contributed by atoms with Crippen LogP contribution in [-0.2, 0) is 6.18 Å². The highest BCUT2D eigenvalue weighted by Gasteiger charge is 2.30. The predicted octanol–water partition coefficient (Wildman–Crippen LogP) is 4.01. The molecule has 0 aliphatic rings. The van der Waals surface area contributed by atoms with Crippen molar-refractivity contribution >= 4 is 34.0 Å². The van der Waals surface area contributed by atoms with E-state index in [2.05, 4.69) is 0 Å². The van der Waals surface area contributed by atoms with Crippen molar-refractivity contribution in [1.82, 2.24) is 4.90 Å². The van der Waals surface area contributed by atoms with Crippen molar-refractivity contribution in [3.63, 3.8) is 0 Å². The van der Waals surface area contributed by atoms with Gasteiger partial charge in [0.05, 0.1) is 5.56 Å². The van der Waals surface area contributed by atoms with Gasteiger partial charge in [0.25, 0.3) is 0 Å². The minimum absolute atomic E-state index is 0.0920. The molecule has 0 radical (unpaired) electrons. The molecule has 0 bridgehead atoms. The molecule has 0 fully saturated rings. The summed E-state index contributed by atoms with van der Waals surface area (Å²) in [4.78, 5) is 2.49. The molecule has 0 aliphatic heterocycles. The van der Waals surface area contributed by atoms with Crippen LogP contribution in [0.1, 0.15) is 19.4 Å². The SMILES string of the molecule is CCN(CC)C(=S)Sc1ccc(C(F)(F)F)cc1N. The highest BCUT2D eigenvalue weighted by molar-refractivity contribution is 8.23. The van der Waals surface area contributed by atoms with Gasteiger partial charge in [0, 0.05) is 23.7 Å². The zero-order valence-electron chi connectivity index (χ0n) is 10.6. The van der Waals surface area contributed by atoms with E-state index in [9.17, 15) is 13.2 Å². The molecular formula is C12H15F3N2S2. The average molecular weight is 308 g/mol. The predicted molar refractivity (Wildman–Crippen MR) is 77.2 cm³/mol. The third-order valence-electron chi connectivity index (χ3n) is 2.56. The van der Waals surface area contributed by atoms with Gasteiger partial charge in [-0.2, -0.15) is 13.2 Å². The third-order valence-corrected chi connectivity index (χ3v) is 4.09. The molecule has 0 atom stereocenters. The minimum Gasteiger partial charge on any atom is -0.398 e. The van der Waals surface area contributed by atoms with Crippen LogP contribution in [0.2, 0.25) is 0 Å². The number of nitrogen functional groups attached to an aromatic ring is 1. The van der Waals surface area contributed by atoms with E-state index in [4.69, 9.17) is 18.0 Å². The van der Waals surface area contributed by atoms with Gasteiger partial charge in [0.1, 0.15) is 4.32 Å². The van der Waals surface area contributed by atoms with Gasteiger partial charge < -0.3 is 10.6 Å². The van der Waals surface area contributed by atoms with Crippen LogP contribution in [0.25, 0.3) is 0 Å². The van der Waals surface area contributed by atoms with Gasteiger partial charge in [0.2, 0.25) is 0 Å². The second-order valence-corrected chi connectivity index (χ2v) is 5.47. The summed E-state index contributed by atoms with van der Waals surface area (Å²) in [5.41, 5.74) is 5.00. The molecule has 106 valence electrons. The van der Waals surface area contributed by atoms with Gasteiger partial charge in [-0.15, -0.1) is 0 Å². The Morgan fingerprint density at radius 1 is 1.32 bits per heavy atom. The molecule has 1 aromatic rings. The maximum absolute atomic E-state index is 12.5. The van der Waals surface area contributed by atoms with Crippen molar-refractivity contribution in [2.24, 2.45) is 0 Å². The van der Waals surface area contributed by atoms with E-state index >= 15 is 0 Å². The Bertz CT molecular complexity index is 457. The highest BCUT2D eigenvalue weighted by Crippen LogP contribution is 2.35. The van der Waals surface area contributed by atoms with Crippen molar-refractivity contribution in [3.8, 4) is 0 Å². The second kappa shape index (κ2) is 6.47. The first-order valence-electron chi connectivity index (χ1n) is 5.73. The standard InChI is InChI=1S/C12H15F3N2S2/c1-3-17(4-2)11(18)19-10-6-5-8(7-9(10)16)12(13,14)15/h5-7H,3-4,16H2,1-2H3. The lowest BCUT2D eigenvalue weighted by Gasteiger charge is -2.21. The molecule has 0 saturated heterocycles. The van der Waals surface area contributed by atoms with Crippen LogP contribution in [0, 0.1) is 0 Å². The molecule has 2 nitrogen and oxygen atoms in total. The zero-order chi connectivity index (χ0) is 14.6. The quantitative estimate of drug-likeness (QED) is 0.519. The van der Waals surface area contributed by atoms with Gasteiger partial charge in [-0.3, -0.25) is 0 Å². The van der Waals surface area contributed by atoms with Crippen LogP contribution >= 0.6 is 24.0 Å². The van der Waals surface area contributed by atoms with Crippen LogP contribution in [-0.4, -0.2) is 22.3 Å². The fourth-order valence-corrected chi connectivity index (χ4v) is 2.87. The number of thiocarbonyl (C=S) groups is 1. The Hall–Kier alpha value is -0.950. The molecule has 0 amide bonds. The Kier molecular flexibility index (Phi) is 5.49. The fraction of sp³-hybridized carbons (Fsp3) is 0.417. The molecule has 0 saturated carbocycles. The van der Waals surface area contributed by atoms with Gasteiger partial charge in [-0.1, -0.05) is 24.0 Å². The Labute approximate surface area is 120 Å². The number of thioether (sulfide) groups is 1.